The van der Waals surface area contributed by atoms with Crippen LogP contribution in [0.15, 0.2) is 55.0 Å². The maximum Gasteiger partial charge on any atom is 0.270 e. The molecule has 0 saturated carbocycles. The lowest BCUT2D eigenvalue weighted by atomic mass is 10.2. The van der Waals surface area contributed by atoms with Crippen LogP contribution < -0.4 is 5.32 Å². The van der Waals surface area contributed by atoms with E-state index in [2.05, 4.69) is 20.3 Å². The van der Waals surface area contributed by atoms with Crippen LogP contribution in [0.4, 0.5) is 5.95 Å². The lowest BCUT2D eigenvalue weighted by molar-refractivity contribution is 0.102. The number of amides is 1. The predicted molar refractivity (Wildman–Crippen MR) is 93.2 cm³/mol. The van der Waals surface area contributed by atoms with Crippen molar-refractivity contribution in [3.63, 3.8) is 0 Å². The van der Waals surface area contributed by atoms with Crippen LogP contribution in [0.25, 0.3) is 16.2 Å². The largest absolute Gasteiger partial charge is 0.293 e. The lowest BCUT2D eigenvalue weighted by Gasteiger charge is -2.01. The van der Waals surface area contributed by atoms with Crippen molar-refractivity contribution in [3.8, 4) is 11.3 Å². The van der Waals surface area contributed by atoms with E-state index in [0.29, 0.717) is 4.88 Å². The summed E-state index contributed by atoms with van der Waals surface area (Å²) < 4.78 is 1.94. The van der Waals surface area contributed by atoms with Crippen LogP contribution in [0, 0.1) is 6.92 Å². The highest BCUT2D eigenvalue weighted by molar-refractivity contribution is 7.19. The van der Waals surface area contributed by atoms with Gasteiger partial charge in [-0.05, 0) is 13.0 Å². The van der Waals surface area contributed by atoms with Crippen LogP contribution in [0.3, 0.4) is 0 Å². The zero-order valence-corrected chi connectivity index (χ0v) is 13.6. The highest BCUT2D eigenvalue weighted by atomic mass is 32.1. The summed E-state index contributed by atoms with van der Waals surface area (Å²) in [7, 11) is 0. The molecule has 0 bridgehead atoms. The Morgan fingerprint density at radius 2 is 1.88 bits per heavy atom. The number of fused-ring (bicyclic) bond motifs is 1. The van der Waals surface area contributed by atoms with Gasteiger partial charge in [-0.3, -0.25) is 14.5 Å². The maximum atomic E-state index is 12.4. The molecule has 0 radical (unpaired) electrons. The van der Waals surface area contributed by atoms with Gasteiger partial charge in [-0.2, -0.15) is 0 Å². The van der Waals surface area contributed by atoms with Gasteiger partial charge in [0.25, 0.3) is 5.91 Å². The van der Waals surface area contributed by atoms with Gasteiger partial charge in [0, 0.05) is 29.8 Å². The summed E-state index contributed by atoms with van der Waals surface area (Å²) in [6, 6.07) is 11.7. The van der Waals surface area contributed by atoms with E-state index in [4.69, 9.17) is 0 Å². The lowest BCUT2D eigenvalue weighted by Crippen LogP contribution is -2.13. The van der Waals surface area contributed by atoms with Crippen molar-refractivity contribution < 1.29 is 4.79 Å². The molecule has 6 nitrogen and oxygen atoms in total. The first-order valence-corrected chi connectivity index (χ1v) is 8.16. The Hall–Kier alpha value is -3.06. The molecule has 0 aliphatic heterocycles. The van der Waals surface area contributed by atoms with Gasteiger partial charge in [0.2, 0.25) is 5.95 Å². The molecule has 1 amide bonds. The number of aromatic nitrogens is 4. The third-order valence-electron chi connectivity index (χ3n) is 3.62. The van der Waals surface area contributed by atoms with Crippen LogP contribution in [0.5, 0.6) is 0 Å². The van der Waals surface area contributed by atoms with E-state index in [1.165, 1.54) is 11.3 Å². The van der Waals surface area contributed by atoms with Gasteiger partial charge in [-0.1, -0.05) is 41.7 Å². The van der Waals surface area contributed by atoms with E-state index in [0.717, 1.165) is 21.9 Å². The van der Waals surface area contributed by atoms with Gasteiger partial charge in [-0.15, -0.1) is 0 Å². The van der Waals surface area contributed by atoms with E-state index < -0.39 is 0 Å². The minimum absolute atomic E-state index is 0.226. The number of benzene rings is 1. The van der Waals surface area contributed by atoms with Gasteiger partial charge < -0.3 is 0 Å². The average Bonchev–Trinajstić information content (AvgIpc) is 3.16. The molecular weight excluding hydrogens is 322 g/mol. The molecule has 1 N–H and O–H groups in total. The van der Waals surface area contributed by atoms with Crippen LogP contribution in [0.2, 0.25) is 0 Å². The molecule has 1 aromatic carbocycles. The second-order valence-electron chi connectivity index (χ2n) is 5.19. The molecule has 0 unspecified atom stereocenters. The van der Waals surface area contributed by atoms with Gasteiger partial charge in [0.15, 0.2) is 4.96 Å². The third-order valence-corrected chi connectivity index (χ3v) is 4.78. The van der Waals surface area contributed by atoms with Gasteiger partial charge in [0.1, 0.15) is 4.88 Å². The SMILES string of the molecule is Cc1c(C(=O)Nc2ncccn2)sc2nc(-c3ccccc3)cn12. The number of carbonyl (C=O) groups is 1. The van der Waals surface area contributed by atoms with Crippen LogP contribution in [-0.4, -0.2) is 25.3 Å². The Labute approximate surface area is 141 Å². The first kappa shape index (κ1) is 14.5. The molecule has 0 aliphatic rings. The van der Waals surface area contributed by atoms with Crippen molar-refractivity contribution in [3.05, 3.63) is 65.6 Å². The fourth-order valence-electron chi connectivity index (χ4n) is 2.43. The zero-order valence-electron chi connectivity index (χ0n) is 12.8. The van der Waals surface area contributed by atoms with Crippen molar-refractivity contribution in [2.75, 3.05) is 5.32 Å². The van der Waals surface area contributed by atoms with Crippen molar-refractivity contribution in [1.82, 2.24) is 19.4 Å². The monoisotopic (exact) mass is 335 g/mol. The molecule has 7 heteroatoms. The fraction of sp³-hybridized carbons (Fsp3) is 0.0588. The first-order chi connectivity index (χ1) is 11.7. The van der Waals surface area contributed by atoms with E-state index in [1.807, 2.05) is 47.9 Å². The van der Waals surface area contributed by atoms with E-state index in [9.17, 15) is 4.79 Å². The summed E-state index contributed by atoms with van der Waals surface area (Å²) in [5.74, 6) is 0.0633. The predicted octanol–water partition coefficient (Wildman–Crippen LogP) is 3.41. The molecule has 24 heavy (non-hydrogen) atoms. The molecule has 0 saturated heterocycles. The average molecular weight is 335 g/mol. The number of aryl methyl sites for hydroxylation is 1. The summed E-state index contributed by atoms with van der Waals surface area (Å²) in [6.07, 6.45) is 5.12. The molecular formula is C17H13N5OS. The molecule has 4 aromatic rings. The minimum Gasteiger partial charge on any atom is -0.293 e. The Kier molecular flexibility index (Phi) is 3.55. The van der Waals surface area contributed by atoms with Crippen molar-refractivity contribution in [2.45, 2.75) is 6.92 Å². The molecule has 4 rings (SSSR count). The van der Waals surface area contributed by atoms with E-state index in [-0.39, 0.29) is 11.9 Å². The smallest absolute Gasteiger partial charge is 0.270 e. The number of rotatable bonds is 3. The molecule has 0 aliphatic carbocycles. The second kappa shape index (κ2) is 5.86. The fourth-order valence-corrected chi connectivity index (χ4v) is 3.44. The summed E-state index contributed by atoms with van der Waals surface area (Å²) >= 11 is 1.35. The second-order valence-corrected chi connectivity index (χ2v) is 6.17. The van der Waals surface area contributed by atoms with Crippen molar-refractivity contribution in [1.29, 1.82) is 0 Å². The summed E-state index contributed by atoms with van der Waals surface area (Å²) in [5.41, 5.74) is 2.79. The minimum atomic E-state index is -0.226. The third kappa shape index (κ3) is 2.55. The quantitative estimate of drug-likeness (QED) is 0.623. The normalized spacial score (nSPS) is 10.9. The van der Waals surface area contributed by atoms with E-state index in [1.54, 1.807) is 18.5 Å². The Bertz CT molecular complexity index is 1010. The number of hydrogen-bond donors (Lipinski definition) is 1. The molecule has 0 atom stereocenters. The van der Waals surface area contributed by atoms with Crippen LogP contribution >= 0.6 is 11.3 Å². The number of nitrogens with one attached hydrogen (secondary N) is 1. The maximum absolute atomic E-state index is 12.4. The van der Waals surface area contributed by atoms with E-state index >= 15 is 0 Å². The number of thiazole rings is 1. The number of nitrogens with zero attached hydrogens (tertiary/aromatic N) is 4. The highest BCUT2D eigenvalue weighted by Gasteiger charge is 2.18. The Balaban J connectivity index is 1.67. The number of anilines is 1. The summed E-state index contributed by atoms with van der Waals surface area (Å²) in [5, 5.41) is 2.70. The Morgan fingerprint density at radius 3 is 2.58 bits per heavy atom. The van der Waals surface area contributed by atoms with Gasteiger partial charge >= 0.3 is 0 Å². The first-order valence-electron chi connectivity index (χ1n) is 7.34. The summed E-state index contributed by atoms with van der Waals surface area (Å²) in [6.45, 7) is 1.90. The molecule has 0 fully saturated rings. The topological polar surface area (TPSA) is 72.2 Å². The molecule has 3 heterocycles. The van der Waals surface area contributed by atoms with Gasteiger partial charge in [0.05, 0.1) is 5.69 Å². The van der Waals surface area contributed by atoms with Crippen LogP contribution in [0.1, 0.15) is 15.4 Å². The molecule has 3 aromatic heterocycles. The van der Waals surface area contributed by atoms with Gasteiger partial charge in [-0.25, -0.2) is 15.0 Å². The molecule has 0 spiro atoms. The summed E-state index contributed by atoms with van der Waals surface area (Å²) in [4.78, 5) is 26.5. The number of hydrogen-bond acceptors (Lipinski definition) is 5. The Morgan fingerprint density at radius 1 is 1.12 bits per heavy atom. The number of imidazole rings is 1. The van der Waals surface area contributed by atoms with Crippen molar-refractivity contribution in [2.24, 2.45) is 0 Å². The molecule has 118 valence electrons. The van der Waals surface area contributed by atoms with Crippen LogP contribution in [-0.2, 0) is 0 Å². The van der Waals surface area contributed by atoms with Crippen molar-refractivity contribution >= 4 is 28.2 Å². The zero-order chi connectivity index (χ0) is 16.5. The number of carbonyl (C=O) groups excluding carboxylic acids is 1. The highest BCUT2D eigenvalue weighted by Crippen LogP contribution is 2.27. The standard InChI is InChI=1S/C17H13N5OS/c1-11-14(15(23)21-16-18-8-5-9-19-16)24-17-20-13(10-22(11)17)12-6-3-2-4-7-12/h2-10H,1H3,(H,18,19,21,23).